The highest BCUT2D eigenvalue weighted by molar-refractivity contribution is 6.30. The van der Waals surface area contributed by atoms with Crippen molar-refractivity contribution in [1.29, 1.82) is 0 Å². The molecular formula is C22H22ClN3O3. The number of aromatic nitrogens is 2. The molecule has 0 unspecified atom stereocenters. The van der Waals surface area contributed by atoms with Crippen molar-refractivity contribution in [3.63, 3.8) is 0 Å². The van der Waals surface area contributed by atoms with Crippen LogP contribution in [0.1, 0.15) is 19.3 Å². The fourth-order valence-electron chi connectivity index (χ4n) is 3.54. The van der Waals surface area contributed by atoms with Crippen molar-refractivity contribution in [1.82, 2.24) is 15.1 Å². The van der Waals surface area contributed by atoms with E-state index in [9.17, 15) is 9.59 Å². The molecule has 3 aromatic rings. The van der Waals surface area contributed by atoms with Crippen molar-refractivity contribution in [3.05, 3.63) is 63.9 Å². The zero-order chi connectivity index (χ0) is 20.2. The fraction of sp³-hybridized carbons (Fsp3) is 0.318. The van der Waals surface area contributed by atoms with Crippen LogP contribution in [0.4, 0.5) is 0 Å². The van der Waals surface area contributed by atoms with Crippen LogP contribution in [0.3, 0.4) is 0 Å². The number of nitrogens with one attached hydrogen (secondary N) is 1. The molecule has 0 aliphatic carbocycles. The topological polar surface area (TPSA) is 73.2 Å². The first kappa shape index (κ1) is 19.6. The lowest BCUT2D eigenvalue weighted by atomic mass is 10.1. The number of halogens is 1. The number of nitrogens with zero attached hydrogens (tertiary/aromatic N) is 2. The molecule has 1 fully saturated rings. The smallest absolute Gasteiger partial charge is 0.274 e. The van der Waals surface area contributed by atoms with Gasteiger partial charge in [0.25, 0.3) is 5.56 Å². The number of hydrogen-bond acceptors (Lipinski definition) is 4. The van der Waals surface area contributed by atoms with E-state index in [4.69, 9.17) is 16.3 Å². The molecule has 1 aromatic heterocycles. The Balaban J connectivity index is 1.57. The Morgan fingerprint density at radius 1 is 1.17 bits per heavy atom. The predicted molar refractivity (Wildman–Crippen MR) is 113 cm³/mol. The van der Waals surface area contributed by atoms with Gasteiger partial charge in [-0.25, -0.2) is 4.68 Å². The van der Waals surface area contributed by atoms with Crippen LogP contribution in [0.25, 0.3) is 22.0 Å². The maximum atomic E-state index is 12.9. The summed E-state index contributed by atoms with van der Waals surface area (Å²) in [6, 6.07) is 14.7. The first-order valence-corrected chi connectivity index (χ1v) is 10.1. The number of hydrogen-bond donors (Lipinski definition) is 1. The molecule has 1 aliphatic heterocycles. The van der Waals surface area contributed by atoms with Crippen LogP contribution in [0, 0.1) is 0 Å². The summed E-state index contributed by atoms with van der Waals surface area (Å²) in [5, 5.41) is 9.44. The van der Waals surface area contributed by atoms with Crippen LogP contribution in [-0.4, -0.2) is 34.9 Å². The van der Waals surface area contributed by atoms with Gasteiger partial charge in [-0.05, 0) is 31.0 Å². The molecule has 0 spiro atoms. The van der Waals surface area contributed by atoms with E-state index in [0.29, 0.717) is 22.6 Å². The molecule has 0 radical (unpaired) electrons. The van der Waals surface area contributed by atoms with E-state index in [1.54, 1.807) is 18.2 Å². The summed E-state index contributed by atoms with van der Waals surface area (Å²) in [5.41, 5.74) is 1.35. The molecule has 0 bridgehead atoms. The highest BCUT2D eigenvalue weighted by atomic mass is 35.5. The number of ether oxygens (including phenoxy) is 1. The number of carbonyl (C=O) groups is 1. The van der Waals surface area contributed by atoms with E-state index < -0.39 is 0 Å². The van der Waals surface area contributed by atoms with Crippen LogP contribution in [0.5, 0.6) is 0 Å². The molecule has 1 saturated heterocycles. The Morgan fingerprint density at radius 3 is 2.66 bits per heavy atom. The maximum absolute atomic E-state index is 12.9. The Hall–Kier alpha value is -2.70. The minimum atomic E-state index is -0.203. The van der Waals surface area contributed by atoms with Crippen molar-refractivity contribution < 1.29 is 9.53 Å². The molecule has 1 aliphatic rings. The van der Waals surface area contributed by atoms with E-state index in [2.05, 4.69) is 10.4 Å². The number of aryl methyl sites for hydroxylation is 1. The number of fused-ring (bicyclic) bond motifs is 1. The van der Waals surface area contributed by atoms with E-state index >= 15 is 0 Å². The van der Waals surface area contributed by atoms with Gasteiger partial charge in [0.05, 0.1) is 23.7 Å². The van der Waals surface area contributed by atoms with Gasteiger partial charge < -0.3 is 10.1 Å². The maximum Gasteiger partial charge on any atom is 0.274 e. The van der Waals surface area contributed by atoms with Crippen molar-refractivity contribution in [2.75, 3.05) is 13.2 Å². The molecular weight excluding hydrogens is 390 g/mol. The predicted octanol–water partition coefficient (Wildman–Crippen LogP) is 3.40. The molecule has 150 valence electrons. The Labute approximate surface area is 173 Å². The SMILES string of the molecule is O=C(CCn1nc(-c2ccc(Cl)cc2)c2ccccc2c1=O)NC[C@H]1CCCO1. The van der Waals surface area contributed by atoms with Gasteiger partial charge >= 0.3 is 0 Å². The third-order valence-corrected chi connectivity index (χ3v) is 5.34. The molecule has 7 heteroatoms. The Bertz CT molecular complexity index is 1070. The van der Waals surface area contributed by atoms with E-state index in [-0.39, 0.29) is 30.5 Å². The molecule has 1 atom stereocenters. The zero-order valence-corrected chi connectivity index (χ0v) is 16.7. The highest BCUT2D eigenvalue weighted by Crippen LogP contribution is 2.25. The number of benzene rings is 2. The average molecular weight is 412 g/mol. The van der Waals surface area contributed by atoms with Crippen molar-refractivity contribution in [3.8, 4) is 11.3 Å². The second-order valence-corrected chi connectivity index (χ2v) is 7.55. The summed E-state index contributed by atoms with van der Waals surface area (Å²) >= 11 is 6.01. The van der Waals surface area contributed by atoms with E-state index in [0.717, 1.165) is 30.4 Å². The monoisotopic (exact) mass is 411 g/mol. The second-order valence-electron chi connectivity index (χ2n) is 7.12. The van der Waals surface area contributed by atoms with Gasteiger partial charge in [0.1, 0.15) is 0 Å². The lowest BCUT2D eigenvalue weighted by Crippen LogP contribution is -2.33. The van der Waals surface area contributed by atoms with Gasteiger partial charge in [0, 0.05) is 35.5 Å². The molecule has 2 aromatic carbocycles. The van der Waals surface area contributed by atoms with Crippen molar-refractivity contribution >= 4 is 28.3 Å². The highest BCUT2D eigenvalue weighted by Gasteiger charge is 2.17. The number of amides is 1. The summed E-state index contributed by atoms with van der Waals surface area (Å²) in [4.78, 5) is 25.1. The van der Waals surface area contributed by atoms with Gasteiger partial charge in [-0.1, -0.05) is 41.9 Å². The first-order valence-electron chi connectivity index (χ1n) is 9.76. The molecule has 1 N–H and O–H groups in total. The molecule has 6 nitrogen and oxygen atoms in total. The van der Waals surface area contributed by atoms with Gasteiger partial charge in [-0.2, -0.15) is 5.10 Å². The summed E-state index contributed by atoms with van der Waals surface area (Å²) in [6.07, 6.45) is 2.27. The summed E-state index contributed by atoms with van der Waals surface area (Å²) in [6.45, 7) is 1.47. The van der Waals surface area contributed by atoms with Crippen LogP contribution in [0.2, 0.25) is 5.02 Å². The largest absolute Gasteiger partial charge is 0.376 e. The quantitative estimate of drug-likeness (QED) is 0.674. The van der Waals surface area contributed by atoms with Crippen LogP contribution in [0.15, 0.2) is 53.3 Å². The fourth-order valence-corrected chi connectivity index (χ4v) is 3.66. The van der Waals surface area contributed by atoms with E-state index in [1.807, 2.05) is 30.3 Å². The Kier molecular flexibility index (Phi) is 5.92. The number of rotatable bonds is 6. The molecule has 29 heavy (non-hydrogen) atoms. The van der Waals surface area contributed by atoms with Gasteiger partial charge in [0.2, 0.25) is 5.91 Å². The van der Waals surface area contributed by atoms with Crippen molar-refractivity contribution in [2.24, 2.45) is 0 Å². The Morgan fingerprint density at radius 2 is 1.93 bits per heavy atom. The average Bonchev–Trinajstić information content (AvgIpc) is 3.26. The van der Waals surface area contributed by atoms with Crippen LogP contribution < -0.4 is 10.9 Å². The number of carbonyl (C=O) groups excluding carboxylic acids is 1. The van der Waals surface area contributed by atoms with Crippen LogP contribution >= 0.6 is 11.6 Å². The zero-order valence-electron chi connectivity index (χ0n) is 15.9. The van der Waals surface area contributed by atoms with E-state index in [1.165, 1.54) is 4.68 Å². The normalized spacial score (nSPS) is 16.2. The third kappa shape index (κ3) is 4.49. The third-order valence-electron chi connectivity index (χ3n) is 5.09. The molecule has 0 saturated carbocycles. The second kappa shape index (κ2) is 8.76. The minimum absolute atomic E-state index is 0.0944. The molecule has 1 amide bonds. The summed E-state index contributed by atoms with van der Waals surface area (Å²) in [5.74, 6) is -0.115. The summed E-state index contributed by atoms with van der Waals surface area (Å²) < 4.78 is 6.89. The van der Waals surface area contributed by atoms with Gasteiger partial charge in [-0.15, -0.1) is 0 Å². The van der Waals surface area contributed by atoms with Crippen molar-refractivity contribution in [2.45, 2.75) is 31.9 Å². The standard InChI is InChI=1S/C22H22ClN3O3/c23-16-9-7-15(8-10-16)21-18-5-1-2-6-19(18)22(28)26(25-21)12-11-20(27)24-14-17-4-3-13-29-17/h1-2,5-10,17H,3-4,11-14H2,(H,24,27)/t17-/m1/s1. The van der Waals surface area contributed by atoms with Gasteiger partial charge in [0.15, 0.2) is 0 Å². The minimum Gasteiger partial charge on any atom is -0.376 e. The lowest BCUT2D eigenvalue weighted by molar-refractivity contribution is -0.121. The van der Waals surface area contributed by atoms with Gasteiger partial charge in [-0.3, -0.25) is 9.59 Å². The lowest BCUT2D eigenvalue weighted by Gasteiger charge is -2.13. The summed E-state index contributed by atoms with van der Waals surface area (Å²) in [7, 11) is 0. The first-order chi connectivity index (χ1) is 14.1. The van der Waals surface area contributed by atoms with Crippen LogP contribution in [-0.2, 0) is 16.1 Å². The molecule has 2 heterocycles. The molecule has 4 rings (SSSR count).